The summed E-state index contributed by atoms with van der Waals surface area (Å²) in [7, 11) is -11.1. The molecule has 3 aromatic heterocycles. The third-order valence-corrected chi connectivity index (χ3v) is 10.9. The van der Waals surface area contributed by atoms with Crippen LogP contribution in [0.4, 0.5) is 5.82 Å². The first-order valence-corrected chi connectivity index (χ1v) is 18.3. The van der Waals surface area contributed by atoms with Gasteiger partial charge < -0.3 is 50.4 Å². The number of nitrogen functional groups attached to an aromatic ring is 1. The number of aromatic amines is 2. The van der Waals surface area contributed by atoms with Crippen LogP contribution in [0.25, 0.3) is 33.5 Å². The molecule has 2 aliphatic heterocycles. The molecule has 1 fully saturated rings. The topological polar surface area (TPSA) is 370 Å². The summed E-state index contributed by atoms with van der Waals surface area (Å²) in [5, 5.41) is 52.9. The van der Waals surface area contributed by atoms with Gasteiger partial charge in [-0.3, -0.25) is 33.2 Å². The van der Waals surface area contributed by atoms with Crippen LogP contribution in [-0.4, -0.2) is 119 Å². The largest absolute Gasteiger partial charge is 0.481 e. The maximum absolute atomic E-state index is 12.5. The van der Waals surface area contributed by atoms with E-state index in [0.717, 1.165) is 10.9 Å². The van der Waals surface area contributed by atoms with Crippen molar-refractivity contribution < 1.29 is 62.5 Å². The van der Waals surface area contributed by atoms with E-state index in [0.29, 0.717) is 11.1 Å². The second kappa shape index (κ2) is 14.5. The Kier molecular flexibility index (Phi) is 10.5. The lowest BCUT2D eigenvalue weighted by molar-refractivity contribution is -0.0794. The van der Waals surface area contributed by atoms with Crippen LogP contribution in [-0.2, 0) is 33.8 Å². The number of aliphatic hydroxyl groups excluding tert-OH is 5. The van der Waals surface area contributed by atoms with Crippen LogP contribution in [0.1, 0.15) is 11.8 Å². The Morgan fingerprint density at radius 2 is 1.70 bits per heavy atom. The standard InChI is InChI=1S/C27H32N8O16P2/c1-10-2-11-3-12-23(32-27(43)33-25(12)42)34(13(11)4-14(10)36)5-15(37)19(39)16(38)6-48-52(44,45)51-53(46,47)49-7-17-20(40)21(41)26(50-17)35-9-31-18-22(28)29-8-30-24(18)35/h2-4,8-9,15-17,19-21,26,37-41H,5-7H2,1H3,(H,44,45)(H,46,47)(H2,28,29,30)(H2,32,33,42,43). The van der Waals surface area contributed by atoms with Gasteiger partial charge in [-0.2, -0.15) is 4.31 Å². The molecule has 9 unspecified atom stereocenters. The molecular formula is C27H32N8O16P2. The molecule has 6 rings (SSSR count). The molecule has 0 amide bonds. The molecule has 9 atom stereocenters. The molecule has 286 valence electrons. The Bertz CT molecular complexity index is 2420. The van der Waals surface area contributed by atoms with E-state index < -0.39 is 94.9 Å². The lowest BCUT2D eigenvalue weighted by Gasteiger charge is -2.26. The van der Waals surface area contributed by atoms with Crippen LogP contribution in [0.15, 0.2) is 45.2 Å². The average Bonchev–Trinajstić information content (AvgIpc) is 3.63. The van der Waals surface area contributed by atoms with E-state index in [1.54, 1.807) is 0 Å². The molecule has 3 aromatic rings. The van der Waals surface area contributed by atoms with Crippen molar-refractivity contribution >= 4 is 43.7 Å². The van der Waals surface area contributed by atoms with Gasteiger partial charge in [0.05, 0.1) is 37.2 Å². The highest BCUT2D eigenvalue weighted by molar-refractivity contribution is 7.61. The van der Waals surface area contributed by atoms with Crippen molar-refractivity contribution in [3.8, 4) is 11.3 Å². The summed E-state index contributed by atoms with van der Waals surface area (Å²) in [5.41, 5.74) is 4.57. The third kappa shape index (κ3) is 7.86. The van der Waals surface area contributed by atoms with Crippen molar-refractivity contribution in [3.05, 3.63) is 67.5 Å². The highest BCUT2D eigenvalue weighted by atomic mass is 31.3. The zero-order valence-corrected chi connectivity index (χ0v) is 28.9. The summed E-state index contributed by atoms with van der Waals surface area (Å²) in [6, 6.07) is 4.03. The molecule has 0 spiro atoms. The number of aromatic nitrogens is 7. The van der Waals surface area contributed by atoms with E-state index in [9.17, 15) is 58.8 Å². The minimum atomic E-state index is -5.56. The number of phosphoric acid groups is 2. The van der Waals surface area contributed by atoms with Crippen molar-refractivity contribution in [1.29, 1.82) is 0 Å². The number of imidazole rings is 1. The maximum Gasteiger partial charge on any atom is 0.481 e. The number of nitrogens with two attached hydrogens (primary N) is 1. The lowest BCUT2D eigenvalue weighted by atomic mass is 10.0. The zero-order chi connectivity index (χ0) is 38.6. The van der Waals surface area contributed by atoms with Crippen molar-refractivity contribution in [3.63, 3.8) is 0 Å². The van der Waals surface area contributed by atoms with Crippen LogP contribution in [0.3, 0.4) is 0 Å². The van der Waals surface area contributed by atoms with E-state index >= 15 is 0 Å². The van der Waals surface area contributed by atoms with Crippen LogP contribution in [0.2, 0.25) is 0 Å². The van der Waals surface area contributed by atoms with Gasteiger partial charge in [-0.05, 0) is 30.2 Å². The maximum atomic E-state index is 12.5. The van der Waals surface area contributed by atoms with Gasteiger partial charge in [0.25, 0.3) is 5.56 Å². The number of pyridine rings is 1. The molecule has 0 radical (unpaired) electrons. The van der Waals surface area contributed by atoms with Gasteiger partial charge in [0.15, 0.2) is 23.1 Å². The molecule has 1 saturated heterocycles. The van der Waals surface area contributed by atoms with E-state index in [1.165, 1.54) is 36.0 Å². The number of nitrogens with one attached hydrogen (secondary N) is 2. The molecule has 53 heavy (non-hydrogen) atoms. The lowest BCUT2D eigenvalue weighted by Crippen LogP contribution is -2.42. The average molecular weight is 787 g/mol. The van der Waals surface area contributed by atoms with Crippen molar-refractivity contribution in [1.82, 2.24) is 34.1 Å². The molecule has 3 aliphatic rings. The minimum absolute atomic E-state index is 0.0231. The van der Waals surface area contributed by atoms with Gasteiger partial charge in [0.2, 0.25) is 0 Å². The van der Waals surface area contributed by atoms with Crippen molar-refractivity contribution in [2.24, 2.45) is 0 Å². The van der Waals surface area contributed by atoms with Gasteiger partial charge in [0, 0.05) is 6.07 Å². The Morgan fingerprint density at radius 3 is 2.43 bits per heavy atom. The van der Waals surface area contributed by atoms with E-state index in [2.05, 4.69) is 38.3 Å². The second-order valence-electron chi connectivity index (χ2n) is 12.0. The highest BCUT2D eigenvalue weighted by Gasteiger charge is 2.46. The van der Waals surface area contributed by atoms with Crippen LogP contribution in [0.5, 0.6) is 0 Å². The van der Waals surface area contributed by atoms with Crippen LogP contribution in [0, 0.1) is 6.92 Å². The number of rotatable bonds is 13. The van der Waals surface area contributed by atoms with Crippen molar-refractivity contribution in [2.75, 3.05) is 18.9 Å². The SMILES string of the molecule is Cc1cc2cc3c(=O)[nH]c(=O)[nH]c3n(CC(O)C(O)C(O)COP(=O)(O)OP(=O)(O)OCC3OC(n4cnc5c(N)ncnc54)C(O)C3O)c-2cc1=O. The zero-order valence-electron chi connectivity index (χ0n) is 27.1. The van der Waals surface area contributed by atoms with E-state index in [1.807, 2.05) is 0 Å². The number of H-pyrrole nitrogens is 2. The molecule has 0 saturated carbocycles. The first kappa shape index (κ1) is 38.5. The number of hydrogen-bond acceptors (Lipinski definition) is 18. The summed E-state index contributed by atoms with van der Waals surface area (Å²) < 4.78 is 46.4. The summed E-state index contributed by atoms with van der Waals surface area (Å²) in [6.45, 7) is -1.35. The van der Waals surface area contributed by atoms with Gasteiger partial charge in [0.1, 0.15) is 54.1 Å². The quantitative estimate of drug-likeness (QED) is 0.0424. The van der Waals surface area contributed by atoms with Crippen LogP contribution < -0.4 is 22.4 Å². The number of hydrogen-bond donors (Lipinski definition) is 10. The molecule has 26 heteroatoms. The third-order valence-electron chi connectivity index (χ3n) is 8.32. The fourth-order valence-electron chi connectivity index (χ4n) is 5.66. The van der Waals surface area contributed by atoms with Gasteiger partial charge in [-0.25, -0.2) is 28.9 Å². The number of anilines is 1. The summed E-state index contributed by atoms with van der Waals surface area (Å²) in [6.07, 6.45) is -10.1. The fourth-order valence-corrected chi connectivity index (χ4v) is 7.76. The molecule has 11 N–H and O–H groups in total. The molecular weight excluding hydrogens is 754 g/mol. The predicted octanol–water partition coefficient (Wildman–Crippen LogP) is -2.83. The van der Waals surface area contributed by atoms with Crippen molar-refractivity contribution in [2.45, 2.75) is 56.3 Å². The number of aryl methyl sites for hydroxylation is 1. The number of phosphoric ester groups is 2. The van der Waals surface area contributed by atoms with Crippen LogP contribution >= 0.6 is 15.6 Å². The minimum Gasteiger partial charge on any atom is -0.388 e. The van der Waals surface area contributed by atoms with Gasteiger partial charge in [-0.1, -0.05) is 0 Å². The molecule has 24 nitrogen and oxygen atoms in total. The Labute approximate surface area is 294 Å². The Balaban J connectivity index is 1.07. The fraction of sp³-hybridized carbons (Fsp3) is 0.407. The number of fused-ring (bicyclic) bond motifs is 3. The smallest absolute Gasteiger partial charge is 0.388 e. The molecule has 1 aliphatic carbocycles. The predicted molar refractivity (Wildman–Crippen MR) is 177 cm³/mol. The number of aliphatic hydroxyl groups is 5. The first-order valence-electron chi connectivity index (χ1n) is 15.3. The number of nitrogens with zero attached hydrogens (tertiary/aromatic N) is 5. The summed E-state index contributed by atoms with van der Waals surface area (Å²) in [5.74, 6) is 0.0231. The van der Waals surface area contributed by atoms with E-state index in [4.69, 9.17) is 10.5 Å². The number of benzene rings is 1. The summed E-state index contributed by atoms with van der Waals surface area (Å²) in [4.78, 5) is 73.4. The van der Waals surface area contributed by atoms with E-state index in [-0.39, 0.29) is 33.7 Å². The normalized spacial score (nSPS) is 23.2. The van der Waals surface area contributed by atoms with Gasteiger partial charge in [-0.15, -0.1) is 0 Å². The molecule has 5 heterocycles. The first-order chi connectivity index (χ1) is 24.9. The molecule has 0 aromatic carbocycles. The monoisotopic (exact) mass is 786 g/mol. The van der Waals surface area contributed by atoms with Gasteiger partial charge >= 0.3 is 21.3 Å². The molecule has 0 bridgehead atoms. The highest BCUT2D eigenvalue weighted by Crippen LogP contribution is 2.60. The Morgan fingerprint density at radius 1 is 0.981 bits per heavy atom. The number of ether oxygens (including phenoxy) is 1. The summed E-state index contributed by atoms with van der Waals surface area (Å²) >= 11 is 0. The Hall–Kier alpha value is -4.26. The second-order valence-corrected chi connectivity index (χ2v) is 15.0.